The average Bonchev–Trinajstić information content (AvgIpc) is 2.55. The lowest BCUT2D eigenvalue weighted by atomic mass is 10.1. The van der Waals surface area contributed by atoms with E-state index in [9.17, 15) is 9.59 Å². The SMILES string of the molecule is Cc1ccc(NC(=O)CCc2ccccn2)cc1C(=O)NC(C)C. The first-order valence-electron chi connectivity index (χ1n) is 8.07. The number of benzene rings is 1. The molecular weight excluding hydrogens is 302 g/mol. The van der Waals surface area contributed by atoms with Gasteiger partial charge in [-0.2, -0.15) is 0 Å². The Balaban J connectivity index is 1.99. The summed E-state index contributed by atoms with van der Waals surface area (Å²) in [4.78, 5) is 28.5. The summed E-state index contributed by atoms with van der Waals surface area (Å²) in [5, 5.41) is 5.71. The molecule has 126 valence electrons. The van der Waals surface area contributed by atoms with Crippen molar-refractivity contribution < 1.29 is 9.59 Å². The van der Waals surface area contributed by atoms with Gasteiger partial charge in [-0.3, -0.25) is 14.6 Å². The molecule has 0 fully saturated rings. The first-order valence-corrected chi connectivity index (χ1v) is 8.07. The number of carbonyl (C=O) groups excluding carboxylic acids is 2. The Kier molecular flexibility index (Phi) is 6.07. The molecular formula is C19H23N3O2. The zero-order valence-corrected chi connectivity index (χ0v) is 14.3. The van der Waals surface area contributed by atoms with Crippen LogP contribution in [0.5, 0.6) is 0 Å². The van der Waals surface area contributed by atoms with Crippen molar-refractivity contribution in [1.82, 2.24) is 10.3 Å². The Morgan fingerprint density at radius 3 is 2.62 bits per heavy atom. The van der Waals surface area contributed by atoms with E-state index in [2.05, 4.69) is 15.6 Å². The molecule has 2 aromatic rings. The van der Waals surface area contributed by atoms with Crippen LogP contribution in [0.15, 0.2) is 42.6 Å². The fourth-order valence-electron chi connectivity index (χ4n) is 2.30. The first-order chi connectivity index (χ1) is 11.5. The Morgan fingerprint density at radius 1 is 1.17 bits per heavy atom. The molecule has 5 heteroatoms. The average molecular weight is 325 g/mol. The summed E-state index contributed by atoms with van der Waals surface area (Å²) in [5.41, 5.74) is 2.96. The van der Waals surface area contributed by atoms with Gasteiger partial charge in [0, 0.05) is 35.6 Å². The number of nitrogens with one attached hydrogen (secondary N) is 2. The quantitative estimate of drug-likeness (QED) is 0.857. The van der Waals surface area contributed by atoms with Gasteiger partial charge in [0.1, 0.15) is 0 Å². The number of hydrogen-bond acceptors (Lipinski definition) is 3. The highest BCUT2D eigenvalue weighted by Gasteiger charge is 2.12. The zero-order valence-electron chi connectivity index (χ0n) is 14.3. The van der Waals surface area contributed by atoms with Crippen LogP contribution in [-0.4, -0.2) is 22.8 Å². The lowest BCUT2D eigenvalue weighted by Crippen LogP contribution is -2.30. The van der Waals surface area contributed by atoms with Gasteiger partial charge in [-0.15, -0.1) is 0 Å². The van der Waals surface area contributed by atoms with E-state index in [-0.39, 0.29) is 17.9 Å². The van der Waals surface area contributed by atoms with Gasteiger partial charge < -0.3 is 10.6 Å². The number of carbonyl (C=O) groups is 2. The number of nitrogens with zero attached hydrogens (tertiary/aromatic N) is 1. The maximum atomic E-state index is 12.2. The number of pyridine rings is 1. The number of aromatic nitrogens is 1. The van der Waals surface area contributed by atoms with E-state index in [1.807, 2.05) is 45.0 Å². The summed E-state index contributed by atoms with van der Waals surface area (Å²) in [6.45, 7) is 5.70. The van der Waals surface area contributed by atoms with Crippen molar-refractivity contribution >= 4 is 17.5 Å². The fourth-order valence-corrected chi connectivity index (χ4v) is 2.30. The predicted octanol–water partition coefficient (Wildman–Crippen LogP) is 3.10. The van der Waals surface area contributed by atoms with Crippen LogP contribution >= 0.6 is 0 Å². The van der Waals surface area contributed by atoms with Crippen molar-refractivity contribution in [2.75, 3.05) is 5.32 Å². The normalized spacial score (nSPS) is 10.5. The molecule has 24 heavy (non-hydrogen) atoms. The molecule has 1 aromatic heterocycles. The minimum Gasteiger partial charge on any atom is -0.350 e. The minimum atomic E-state index is -0.132. The molecule has 2 amide bonds. The molecule has 0 radical (unpaired) electrons. The second-order valence-electron chi connectivity index (χ2n) is 6.03. The van der Waals surface area contributed by atoms with E-state index in [1.54, 1.807) is 18.3 Å². The van der Waals surface area contributed by atoms with Crippen molar-refractivity contribution in [2.45, 2.75) is 39.7 Å². The summed E-state index contributed by atoms with van der Waals surface area (Å²) >= 11 is 0. The van der Waals surface area contributed by atoms with Crippen LogP contribution in [0.2, 0.25) is 0 Å². The lowest BCUT2D eigenvalue weighted by molar-refractivity contribution is -0.116. The third-order valence-corrected chi connectivity index (χ3v) is 3.52. The van der Waals surface area contributed by atoms with Crippen LogP contribution < -0.4 is 10.6 Å². The van der Waals surface area contributed by atoms with Gasteiger partial charge in [0.25, 0.3) is 5.91 Å². The summed E-state index contributed by atoms with van der Waals surface area (Å²) in [7, 11) is 0. The summed E-state index contributed by atoms with van der Waals surface area (Å²) < 4.78 is 0. The number of amides is 2. The number of hydrogen-bond donors (Lipinski definition) is 2. The third-order valence-electron chi connectivity index (χ3n) is 3.52. The number of aryl methyl sites for hydroxylation is 2. The van der Waals surface area contributed by atoms with Crippen LogP contribution in [0.4, 0.5) is 5.69 Å². The molecule has 2 N–H and O–H groups in total. The van der Waals surface area contributed by atoms with Crippen LogP contribution in [0, 0.1) is 6.92 Å². The van der Waals surface area contributed by atoms with Crippen molar-refractivity contribution in [1.29, 1.82) is 0 Å². The molecule has 1 heterocycles. The second-order valence-corrected chi connectivity index (χ2v) is 6.03. The summed E-state index contributed by atoms with van der Waals surface area (Å²) in [6.07, 6.45) is 2.64. The van der Waals surface area contributed by atoms with E-state index in [4.69, 9.17) is 0 Å². The van der Waals surface area contributed by atoms with E-state index in [0.717, 1.165) is 11.3 Å². The molecule has 0 aliphatic carbocycles. The molecule has 5 nitrogen and oxygen atoms in total. The van der Waals surface area contributed by atoms with E-state index < -0.39 is 0 Å². The van der Waals surface area contributed by atoms with Gasteiger partial charge in [0.15, 0.2) is 0 Å². The minimum absolute atomic E-state index is 0.0634. The van der Waals surface area contributed by atoms with E-state index >= 15 is 0 Å². The molecule has 0 aliphatic rings. The van der Waals surface area contributed by atoms with Crippen LogP contribution in [0.3, 0.4) is 0 Å². The Bertz CT molecular complexity index is 712. The first kappa shape index (κ1) is 17.7. The van der Waals surface area contributed by atoms with Gasteiger partial charge in [0.2, 0.25) is 5.91 Å². The Morgan fingerprint density at radius 2 is 1.96 bits per heavy atom. The third kappa shape index (κ3) is 5.19. The van der Waals surface area contributed by atoms with Crippen molar-refractivity contribution in [3.63, 3.8) is 0 Å². The van der Waals surface area contributed by atoms with Gasteiger partial charge in [0.05, 0.1) is 0 Å². The number of anilines is 1. The molecule has 0 saturated carbocycles. The molecule has 2 rings (SSSR count). The van der Waals surface area contributed by atoms with E-state index in [0.29, 0.717) is 24.1 Å². The molecule has 0 saturated heterocycles. The van der Waals surface area contributed by atoms with Crippen LogP contribution in [0.1, 0.15) is 41.9 Å². The van der Waals surface area contributed by atoms with Crippen molar-refractivity contribution in [3.8, 4) is 0 Å². The molecule has 0 bridgehead atoms. The Labute approximate surface area is 142 Å². The van der Waals surface area contributed by atoms with E-state index in [1.165, 1.54) is 0 Å². The van der Waals surface area contributed by atoms with Crippen molar-refractivity contribution in [2.24, 2.45) is 0 Å². The largest absolute Gasteiger partial charge is 0.350 e. The molecule has 0 atom stereocenters. The van der Waals surface area contributed by atoms with Crippen molar-refractivity contribution in [3.05, 3.63) is 59.4 Å². The standard InChI is InChI=1S/C19H23N3O2/c1-13(2)21-19(24)17-12-16(8-7-14(17)3)22-18(23)10-9-15-6-4-5-11-20-15/h4-8,11-13H,9-10H2,1-3H3,(H,21,24)(H,22,23). The summed E-state index contributed by atoms with van der Waals surface area (Å²) in [6, 6.07) is 11.1. The Hall–Kier alpha value is -2.69. The fraction of sp³-hybridized carbons (Fsp3) is 0.316. The molecule has 0 spiro atoms. The number of rotatable bonds is 6. The lowest BCUT2D eigenvalue weighted by Gasteiger charge is -2.12. The molecule has 0 unspecified atom stereocenters. The molecule has 1 aromatic carbocycles. The maximum Gasteiger partial charge on any atom is 0.251 e. The topological polar surface area (TPSA) is 71.1 Å². The predicted molar refractivity (Wildman–Crippen MR) is 95.0 cm³/mol. The van der Waals surface area contributed by atoms with Crippen LogP contribution in [0.25, 0.3) is 0 Å². The van der Waals surface area contributed by atoms with Gasteiger partial charge in [-0.25, -0.2) is 0 Å². The van der Waals surface area contributed by atoms with Gasteiger partial charge in [-0.05, 0) is 57.0 Å². The highest BCUT2D eigenvalue weighted by molar-refractivity contribution is 5.98. The highest BCUT2D eigenvalue weighted by atomic mass is 16.2. The van der Waals surface area contributed by atoms with Gasteiger partial charge >= 0.3 is 0 Å². The maximum absolute atomic E-state index is 12.2. The second kappa shape index (κ2) is 8.24. The monoisotopic (exact) mass is 325 g/mol. The smallest absolute Gasteiger partial charge is 0.251 e. The molecule has 0 aliphatic heterocycles. The zero-order chi connectivity index (χ0) is 17.5. The summed E-state index contributed by atoms with van der Waals surface area (Å²) in [5.74, 6) is -0.230. The van der Waals surface area contributed by atoms with Crippen LogP contribution in [-0.2, 0) is 11.2 Å². The highest BCUT2D eigenvalue weighted by Crippen LogP contribution is 2.16. The van der Waals surface area contributed by atoms with Gasteiger partial charge in [-0.1, -0.05) is 12.1 Å².